The maximum atomic E-state index is 12.9. The lowest BCUT2D eigenvalue weighted by Crippen LogP contribution is -2.48. The predicted octanol–water partition coefficient (Wildman–Crippen LogP) is 3.93. The Balaban J connectivity index is 1.81. The second-order valence-corrected chi connectivity index (χ2v) is 9.56. The second-order valence-electron chi connectivity index (χ2n) is 9.56. The third-order valence-corrected chi connectivity index (χ3v) is 5.41. The van der Waals surface area contributed by atoms with Gasteiger partial charge >= 0.3 is 18.0 Å². The molecule has 2 aromatic carbocycles. The highest BCUT2D eigenvalue weighted by Gasteiger charge is 2.37. The average molecular weight is 484 g/mol. The Morgan fingerprint density at radius 1 is 1.00 bits per heavy atom. The summed E-state index contributed by atoms with van der Waals surface area (Å²) in [5.74, 6) is -1.50. The lowest BCUT2D eigenvalue weighted by atomic mass is 9.91. The van der Waals surface area contributed by atoms with Gasteiger partial charge in [0.2, 0.25) is 0 Å². The largest absolute Gasteiger partial charge is 0.457 e. The minimum atomic E-state index is -1.06. The third-order valence-electron chi connectivity index (χ3n) is 5.41. The van der Waals surface area contributed by atoms with Gasteiger partial charge < -0.3 is 24.3 Å². The summed E-state index contributed by atoms with van der Waals surface area (Å²) in [4.78, 5) is 38.0. The Morgan fingerprint density at radius 2 is 1.63 bits per heavy atom. The molecule has 4 atom stereocenters. The van der Waals surface area contributed by atoms with Gasteiger partial charge in [-0.15, -0.1) is 0 Å². The normalized spacial score (nSPS) is 23.1. The van der Waals surface area contributed by atoms with E-state index in [1.807, 2.05) is 36.4 Å². The smallest absolute Gasteiger partial charge is 0.408 e. The topological polar surface area (TPSA) is 100 Å². The van der Waals surface area contributed by atoms with Crippen molar-refractivity contribution in [1.29, 1.82) is 0 Å². The van der Waals surface area contributed by atoms with Crippen molar-refractivity contribution < 1.29 is 33.3 Å². The van der Waals surface area contributed by atoms with Gasteiger partial charge in [0.15, 0.2) is 6.04 Å². The molecular weight excluding hydrogens is 450 g/mol. The fraction of sp³-hybridized carbons (Fsp3) is 0.444. The number of benzene rings is 2. The Kier molecular flexibility index (Phi) is 8.87. The van der Waals surface area contributed by atoms with Crippen LogP contribution in [0.5, 0.6) is 0 Å². The number of alkyl carbamates (subject to hydrolysis) is 1. The summed E-state index contributed by atoms with van der Waals surface area (Å²) >= 11 is 0. The molecular formula is C27H33NO7. The van der Waals surface area contributed by atoms with Crippen LogP contribution in [0.25, 0.3) is 0 Å². The number of carbonyl (C=O) groups is 3. The van der Waals surface area contributed by atoms with Crippen LogP contribution in [0.3, 0.4) is 0 Å². The molecule has 8 heteroatoms. The molecule has 3 rings (SSSR count). The summed E-state index contributed by atoms with van der Waals surface area (Å²) in [6.45, 7) is 6.95. The van der Waals surface area contributed by atoms with Gasteiger partial charge in [-0.3, -0.25) is 0 Å². The van der Waals surface area contributed by atoms with E-state index in [-0.39, 0.29) is 19.1 Å². The van der Waals surface area contributed by atoms with Gasteiger partial charge in [0, 0.05) is 5.92 Å². The maximum absolute atomic E-state index is 12.9. The van der Waals surface area contributed by atoms with Crippen molar-refractivity contribution >= 4 is 18.0 Å². The molecule has 188 valence electrons. The van der Waals surface area contributed by atoms with Crippen molar-refractivity contribution in [1.82, 2.24) is 5.32 Å². The molecule has 1 aliphatic rings. The Hall–Kier alpha value is -3.39. The SMILES string of the molecule is CC1OC(=O)C(NC(=O)OC(C)(C)C)COCC(Cc2ccccc2)C1OC(=O)c1ccccc1. The van der Waals surface area contributed by atoms with E-state index in [0.29, 0.717) is 12.0 Å². The predicted molar refractivity (Wildman–Crippen MR) is 129 cm³/mol. The first-order chi connectivity index (χ1) is 16.6. The lowest BCUT2D eigenvalue weighted by molar-refractivity contribution is -0.157. The van der Waals surface area contributed by atoms with Gasteiger partial charge in [-0.05, 0) is 51.8 Å². The summed E-state index contributed by atoms with van der Waals surface area (Å²) in [5.41, 5.74) is 0.704. The molecule has 0 aliphatic carbocycles. The Labute approximate surface area is 205 Å². The van der Waals surface area contributed by atoms with E-state index in [1.165, 1.54) is 0 Å². The van der Waals surface area contributed by atoms with Crippen LogP contribution in [0.2, 0.25) is 0 Å². The molecule has 0 spiro atoms. The second kappa shape index (κ2) is 11.8. The number of rotatable bonds is 5. The van der Waals surface area contributed by atoms with Gasteiger partial charge in [0.1, 0.15) is 17.8 Å². The monoisotopic (exact) mass is 483 g/mol. The van der Waals surface area contributed by atoms with Gasteiger partial charge in [-0.1, -0.05) is 48.5 Å². The van der Waals surface area contributed by atoms with Crippen molar-refractivity contribution in [3.63, 3.8) is 0 Å². The third kappa shape index (κ3) is 8.10. The summed E-state index contributed by atoms with van der Waals surface area (Å²) in [6.07, 6.45) is -1.76. The fourth-order valence-corrected chi connectivity index (χ4v) is 3.82. The minimum Gasteiger partial charge on any atom is -0.457 e. The minimum absolute atomic E-state index is 0.102. The number of cyclic esters (lactones) is 1. The highest BCUT2D eigenvalue weighted by molar-refractivity contribution is 5.89. The number of nitrogens with one attached hydrogen (secondary N) is 1. The van der Waals surface area contributed by atoms with E-state index >= 15 is 0 Å². The quantitative estimate of drug-likeness (QED) is 0.508. The lowest BCUT2D eigenvalue weighted by Gasteiger charge is -2.30. The number of hydrogen-bond donors (Lipinski definition) is 1. The molecule has 4 unspecified atom stereocenters. The van der Waals surface area contributed by atoms with Crippen LogP contribution in [0.4, 0.5) is 4.79 Å². The number of amides is 1. The van der Waals surface area contributed by atoms with Crippen LogP contribution < -0.4 is 5.32 Å². The van der Waals surface area contributed by atoms with Gasteiger partial charge in [-0.25, -0.2) is 14.4 Å². The number of ether oxygens (including phenoxy) is 4. The molecule has 1 aliphatic heterocycles. The zero-order chi connectivity index (χ0) is 25.4. The molecule has 0 bridgehead atoms. The van der Waals surface area contributed by atoms with Crippen LogP contribution in [-0.2, 0) is 30.2 Å². The van der Waals surface area contributed by atoms with E-state index in [4.69, 9.17) is 18.9 Å². The van der Waals surface area contributed by atoms with Crippen LogP contribution in [0.1, 0.15) is 43.6 Å². The Bertz CT molecular complexity index is 988. The molecule has 1 heterocycles. The first-order valence-corrected chi connectivity index (χ1v) is 11.7. The Morgan fingerprint density at radius 3 is 2.26 bits per heavy atom. The van der Waals surface area contributed by atoms with Gasteiger partial charge in [0.05, 0.1) is 18.8 Å². The molecule has 0 aromatic heterocycles. The number of esters is 2. The average Bonchev–Trinajstić information content (AvgIpc) is 2.85. The van der Waals surface area contributed by atoms with Crippen molar-refractivity contribution in [2.45, 2.75) is 58.0 Å². The zero-order valence-corrected chi connectivity index (χ0v) is 20.6. The van der Waals surface area contributed by atoms with Gasteiger partial charge in [0.25, 0.3) is 0 Å². The summed E-state index contributed by atoms with van der Waals surface area (Å²) in [5, 5.41) is 2.52. The van der Waals surface area contributed by atoms with Crippen molar-refractivity contribution in [3.8, 4) is 0 Å². The van der Waals surface area contributed by atoms with E-state index in [2.05, 4.69) is 5.32 Å². The molecule has 1 amide bonds. The van der Waals surface area contributed by atoms with E-state index in [0.717, 1.165) is 5.56 Å². The van der Waals surface area contributed by atoms with Crippen molar-refractivity contribution in [2.24, 2.45) is 5.92 Å². The van der Waals surface area contributed by atoms with E-state index < -0.39 is 41.9 Å². The maximum Gasteiger partial charge on any atom is 0.408 e. The van der Waals surface area contributed by atoms with E-state index in [1.54, 1.807) is 52.0 Å². The molecule has 35 heavy (non-hydrogen) atoms. The first-order valence-electron chi connectivity index (χ1n) is 11.7. The van der Waals surface area contributed by atoms with E-state index in [9.17, 15) is 14.4 Å². The summed E-state index contributed by atoms with van der Waals surface area (Å²) in [6, 6.07) is 17.3. The first kappa shape index (κ1) is 26.2. The standard InChI is InChI=1S/C27H33NO7/c1-18-23(34-24(29)20-13-9-6-10-14-20)21(15-19-11-7-5-8-12-19)16-32-17-22(25(30)33-18)28-26(31)35-27(2,3)4/h5-14,18,21-23H,15-17H2,1-4H3,(H,28,31). The van der Waals surface area contributed by atoms with Crippen LogP contribution in [0, 0.1) is 5.92 Å². The summed E-state index contributed by atoms with van der Waals surface area (Å²) in [7, 11) is 0. The summed E-state index contributed by atoms with van der Waals surface area (Å²) < 4.78 is 22.7. The van der Waals surface area contributed by atoms with Crippen molar-refractivity contribution in [3.05, 3.63) is 71.8 Å². The van der Waals surface area contributed by atoms with Crippen molar-refractivity contribution in [2.75, 3.05) is 13.2 Å². The molecule has 2 aromatic rings. The molecule has 1 saturated heterocycles. The zero-order valence-electron chi connectivity index (χ0n) is 20.6. The highest BCUT2D eigenvalue weighted by atomic mass is 16.6. The molecule has 8 nitrogen and oxygen atoms in total. The number of carbonyl (C=O) groups excluding carboxylic acids is 3. The molecule has 0 saturated carbocycles. The fourth-order valence-electron chi connectivity index (χ4n) is 3.82. The molecule has 0 radical (unpaired) electrons. The molecule has 1 N–H and O–H groups in total. The number of hydrogen-bond acceptors (Lipinski definition) is 7. The van der Waals surface area contributed by atoms with Crippen LogP contribution in [0.15, 0.2) is 60.7 Å². The highest BCUT2D eigenvalue weighted by Crippen LogP contribution is 2.24. The van der Waals surface area contributed by atoms with Crippen LogP contribution in [-0.4, -0.2) is 55.1 Å². The van der Waals surface area contributed by atoms with Crippen LogP contribution >= 0.6 is 0 Å². The van der Waals surface area contributed by atoms with Gasteiger partial charge in [-0.2, -0.15) is 0 Å². The molecule has 1 fully saturated rings.